The van der Waals surface area contributed by atoms with E-state index in [0.29, 0.717) is 22.9 Å². The van der Waals surface area contributed by atoms with Crippen molar-refractivity contribution in [2.24, 2.45) is 16.0 Å². The van der Waals surface area contributed by atoms with Crippen LogP contribution < -0.4 is 14.5 Å². The largest absolute Gasteiger partial charge is 0.497 e. The topological polar surface area (TPSA) is 83.7 Å². The Balaban J connectivity index is 2.02. The summed E-state index contributed by atoms with van der Waals surface area (Å²) in [5.41, 5.74) is 2.69. The number of hydrazone groups is 1. The summed E-state index contributed by atoms with van der Waals surface area (Å²) in [5.74, 6) is 0.632. The molecule has 7 nitrogen and oxygen atoms in total. The standard InChI is InChI=1S/C21H23N3O4/c1-14(22-12-13-25)19-20(15-4-8-17(27-2)9-5-15)23-24(21(19)26)16-6-10-18(28-3)11-7-16/h4-11,19,25H,12-13H2,1-3H3. The first-order valence-corrected chi connectivity index (χ1v) is 8.91. The number of aliphatic imine (C=N–C) groups is 1. The molecule has 1 atom stereocenters. The molecule has 1 aliphatic heterocycles. The Morgan fingerprint density at radius 3 is 2.18 bits per heavy atom. The molecule has 0 saturated carbocycles. The maximum absolute atomic E-state index is 13.2. The second-order valence-corrected chi connectivity index (χ2v) is 6.24. The van der Waals surface area contributed by atoms with E-state index in [1.807, 2.05) is 24.3 Å². The van der Waals surface area contributed by atoms with Crippen molar-refractivity contribution in [3.63, 3.8) is 0 Å². The van der Waals surface area contributed by atoms with Gasteiger partial charge in [-0.15, -0.1) is 0 Å². The average Bonchev–Trinajstić information content (AvgIpc) is 3.09. The predicted octanol–water partition coefficient (Wildman–Crippen LogP) is 2.52. The lowest BCUT2D eigenvalue weighted by Gasteiger charge is -2.15. The lowest BCUT2D eigenvalue weighted by Crippen LogP contribution is -2.32. The number of benzene rings is 2. The third-order valence-corrected chi connectivity index (χ3v) is 4.52. The van der Waals surface area contributed by atoms with Crippen LogP contribution in [-0.2, 0) is 4.79 Å². The molecule has 0 radical (unpaired) electrons. The van der Waals surface area contributed by atoms with Crippen molar-refractivity contribution in [2.45, 2.75) is 6.92 Å². The van der Waals surface area contributed by atoms with Gasteiger partial charge < -0.3 is 14.6 Å². The highest BCUT2D eigenvalue weighted by Gasteiger charge is 2.39. The molecule has 3 rings (SSSR count). The molecule has 2 aromatic carbocycles. The van der Waals surface area contributed by atoms with Crippen molar-refractivity contribution < 1.29 is 19.4 Å². The Hall–Kier alpha value is -3.19. The molecule has 1 heterocycles. The smallest absolute Gasteiger partial charge is 0.262 e. The average molecular weight is 381 g/mol. The van der Waals surface area contributed by atoms with Gasteiger partial charge in [-0.2, -0.15) is 10.1 Å². The van der Waals surface area contributed by atoms with Gasteiger partial charge in [0.1, 0.15) is 17.4 Å². The zero-order chi connectivity index (χ0) is 20.1. The molecule has 0 aliphatic carbocycles. The van der Waals surface area contributed by atoms with E-state index in [2.05, 4.69) is 10.1 Å². The minimum absolute atomic E-state index is 0.0740. The Bertz CT molecular complexity index is 889. The number of rotatable bonds is 7. The zero-order valence-corrected chi connectivity index (χ0v) is 16.1. The monoisotopic (exact) mass is 381 g/mol. The lowest BCUT2D eigenvalue weighted by atomic mass is 9.93. The highest BCUT2D eigenvalue weighted by molar-refractivity contribution is 6.32. The third-order valence-electron chi connectivity index (χ3n) is 4.52. The van der Waals surface area contributed by atoms with Gasteiger partial charge in [0, 0.05) is 5.71 Å². The first kappa shape index (κ1) is 19.6. The van der Waals surface area contributed by atoms with E-state index in [1.165, 1.54) is 5.01 Å². The van der Waals surface area contributed by atoms with E-state index in [1.54, 1.807) is 45.4 Å². The second-order valence-electron chi connectivity index (χ2n) is 6.24. The summed E-state index contributed by atoms with van der Waals surface area (Å²) in [5, 5.41) is 15.1. The van der Waals surface area contributed by atoms with Gasteiger partial charge in [-0.3, -0.25) is 9.79 Å². The number of hydrogen-bond acceptors (Lipinski definition) is 6. The molecule has 1 N–H and O–H groups in total. The molecule has 1 unspecified atom stereocenters. The fourth-order valence-electron chi connectivity index (χ4n) is 3.04. The number of anilines is 1. The Morgan fingerprint density at radius 2 is 1.64 bits per heavy atom. The number of methoxy groups -OCH3 is 2. The van der Waals surface area contributed by atoms with E-state index < -0.39 is 5.92 Å². The van der Waals surface area contributed by atoms with E-state index in [0.717, 1.165) is 11.3 Å². The summed E-state index contributed by atoms with van der Waals surface area (Å²) in [6.45, 7) is 1.96. The van der Waals surface area contributed by atoms with Crippen molar-refractivity contribution >= 4 is 23.0 Å². The summed E-state index contributed by atoms with van der Waals surface area (Å²) in [7, 11) is 3.19. The van der Waals surface area contributed by atoms with Crippen molar-refractivity contribution in [3.05, 3.63) is 54.1 Å². The van der Waals surface area contributed by atoms with Crippen LogP contribution in [0.2, 0.25) is 0 Å². The molecule has 0 bridgehead atoms. The first-order valence-electron chi connectivity index (χ1n) is 8.91. The van der Waals surface area contributed by atoms with Crippen molar-refractivity contribution in [2.75, 3.05) is 32.4 Å². The predicted molar refractivity (Wildman–Crippen MR) is 109 cm³/mol. The minimum Gasteiger partial charge on any atom is -0.497 e. The van der Waals surface area contributed by atoms with Crippen LogP contribution in [0.1, 0.15) is 12.5 Å². The summed E-state index contributed by atoms with van der Waals surface area (Å²) in [4.78, 5) is 17.5. The molecule has 0 saturated heterocycles. The minimum atomic E-state index is -0.609. The van der Waals surface area contributed by atoms with Gasteiger partial charge in [0.15, 0.2) is 0 Å². The van der Waals surface area contributed by atoms with Crippen LogP contribution in [-0.4, -0.2) is 49.8 Å². The van der Waals surface area contributed by atoms with Gasteiger partial charge in [0.05, 0.1) is 38.8 Å². The Labute approximate surface area is 163 Å². The molecule has 146 valence electrons. The quantitative estimate of drug-likeness (QED) is 0.747. The number of nitrogens with zero attached hydrogens (tertiary/aromatic N) is 3. The molecular formula is C21H23N3O4. The van der Waals surface area contributed by atoms with Gasteiger partial charge in [-0.05, 0) is 61.0 Å². The van der Waals surface area contributed by atoms with Gasteiger partial charge in [0.25, 0.3) is 5.91 Å². The summed E-state index contributed by atoms with van der Waals surface area (Å²) in [6, 6.07) is 14.5. The van der Waals surface area contributed by atoms with Crippen LogP contribution in [0.5, 0.6) is 11.5 Å². The van der Waals surface area contributed by atoms with Gasteiger partial charge in [-0.25, -0.2) is 0 Å². The second kappa shape index (κ2) is 8.67. The number of amides is 1. The number of aliphatic hydroxyl groups excluding tert-OH is 1. The Kier molecular flexibility index (Phi) is 6.06. The number of aliphatic hydroxyl groups is 1. The van der Waals surface area contributed by atoms with Crippen molar-refractivity contribution in [1.29, 1.82) is 0 Å². The first-order chi connectivity index (χ1) is 13.6. The molecule has 1 aliphatic rings. The van der Waals surface area contributed by atoms with Crippen LogP contribution in [0.3, 0.4) is 0 Å². The molecule has 0 aromatic heterocycles. The molecule has 2 aromatic rings. The molecule has 1 amide bonds. The fraction of sp³-hybridized carbons (Fsp3) is 0.286. The van der Waals surface area contributed by atoms with Gasteiger partial charge >= 0.3 is 0 Å². The van der Waals surface area contributed by atoms with Gasteiger partial charge in [0.2, 0.25) is 0 Å². The number of ether oxygens (including phenoxy) is 2. The molecule has 28 heavy (non-hydrogen) atoms. The SMILES string of the molecule is COc1ccc(C2=NN(c3ccc(OC)cc3)C(=O)C2C(C)=NCCO)cc1. The fourth-order valence-corrected chi connectivity index (χ4v) is 3.04. The maximum atomic E-state index is 13.2. The van der Waals surface area contributed by atoms with E-state index in [9.17, 15) is 4.79 Å². The lowest BCUT2D eigenvalue weighted by molar-refractivity contribution is -0.118. The third kappa shape index (κ3) is 3.89. The molecule has 7 heteroatoms. The van der Waals surface area contributed by atoms with Crippen molar-refractivity contribution in [1.82, 2.24) is 0 Å². The van der Waals surface area contributed by atoms with Crippen LogP contribution in [0, 0.1) is 5.92 Å². The van der Waals surface area contributed by atoms with E-state index >= 15 is 0 Å². The van der Waals surface area contributed by atoms with Gasteiger partial charge in [-0.1, -0.05) is 0 Å². The summed E-state index contributed by atoms with van der Waals surface area (Å²) >= 11 is 0. The highest BCUT2D eigenvalue weighted by Crippen LogP contribution is 2.29. The molecule has 0 spiro atoms. The molecule has 0 fully saturated rings. The van der Waals surface area contributed by atoms with Crippen LogP contribution >= 0.6 is 0 Å². The summed E-state index contributed by atoms with van der Waals surface area (Å²) in [6.07, 6.45) is 0. The summed E-state index contributed by atoms with van der Waals surface area (Å²) < 4.78 is 10.4. The molecular weight excluding hydrogens is 358 g/mol. The Morgan fingerprint density at radius 1 is 1.07 bits per heavy atom. The maximum Gasteiger partial charge on any atom is 0.262 e. The van der Waals surface area contributed by atoms with Crippen LogP contribution in [0.15, 0.2) is 58.6 Å². The number of carbonyl (C=O) groups is 1. The highest BCUT2D eigenvalue weighted by atomic mass is 16.5. The zero-order valence-electron chi connectivity index (χ0n) is 16.1. The van der Waals surface area contributed by atoms with Crippen molar-refractivity contribution in [3.8, 4) is 11.5 Å². The van der Waals surface area contributed by atoms with E-state index in [4.69, 9.17) is 14.6 Å². The van der Waals surface area contributed by atoms with Crippen LogP contribution in [0.25, 0.3) is 0 Å². The number of carbonyl (C=O) groups excluding carboxylic acids is 1. The number of hydrogen-bond donors (Lipinski definition) is 1. The van der Waals surface area contributed by atoms with E-state index in [-0.39, 0.29) is 19.1 Å². The normalized spacial score (nSPS) is 16.9. The van der Waals surface area contributed by atoms with Crippen LogP contribution in [0.4, 0.5) is 5.69 Å².